The van der Waals surface area contributed by atoms with E-state index in [4.69, 9.17) is 4.52 Å². The highest BCUT2D eigenvalue weighted by Gasteiger charge is 2.28. The summed E-state index contributed by atoms with van der Waals surface area (Å²) in [7, 11) is 0. The van der Waals surface area contributed by atoms with E-state index >= 15 is 0 Å². The Bertz CT molecular complexity index is 729. The van der Waals surface area contributed by atoms with Crippen molar-refractivity contribution in [3.8, 4) is 11.3 Å². The van der Waals surface area contributed by atoms with Gasteiger partial charge in [-0.1, -0.05) is 48.7 Å². The van der Waals surface area contributed by atoms with Gasteiger partial charge in [0.05, 0.1) is 0 Å². The van der Waals surface area contributed by atoms with Crippen molar-refractivity contribution < 1.29 is 9.32 Å². The maximum atomic E-state index is 12.6. The normalized spacial score (nSPS) is 21.6. The number of hydrogen-bond donors (Lipinski definition) is 0. The zero-order valence-electron chi connectivity index (χ0n) is 14.9. The second-order valence-electron chi connectivity index (χ2n) is 7.52. The number of aromatic nitrogens is 1. The second-order valence-corrected chi connectivity index (χ2v) is 7.52. The van der Waals surface area contributed by atoms with Crippen LogP contribution in [0.3, 0.4) is 0 Å². The van der Waals surface area contributed by atoms with Crippen LogP contribution in [0.5, 0.6) is 0 Å². The van der Waals surface area contributed by atoms with Crippen LogP contribution < -0.4 is 0 Å². The standard InChI is InChI=1S/C21H26N2O2/c1-15-6-5-13-23(15)21(24)19-14-20(25-22-19)18-11-9-17(10-12-18)16-7-3-2-4-8-16/h9-12,14-16H,2-8,13H2,1H3. The fourth-order valence-corrected chi connectivity index (χ4v) is 4.25. The zero-order valence-corrected chi connectivity index (χ0v) is 14.9. The van der Waals surface area contributed by atoms with E-state index in [0.29, 0.717) is 23.4 Å². The molecule has 4 rings (SSSR count). The predicted molar refractivity (Wildman–Crippen MR) is 97.5 cm³/mol. The number of benzene rings is 1. The molecule has 1 aromatic heterocycles. The molecule has 0 bridgehead atoms. The Kier molecular flexibility index (Phi) is 4.60. The molecular weight excluding hydrogens is 312 g/mol. The van der Waals surface area contributed by atoms with Crippen LogP contribution in [0.25, 0.3) is 11.3 Å². The van der Waals surface area contributed by atoms with Gasteiger partial charge < -0.3 is 9.42 Å². The molecule has 25 heavy (non-hydrogen) atoms. The van der Waals surface area contributed by atoms with Crippen LogP contribution in [0.15, 0.2) is 34.9 Å². The van der Waals surface area contributed by atoms with Gasteiger partial charge in [0.25, 0.3) is 5.91 Å². The highest BCUT2D eigenvalue weighted by molar-refractivity contribution is 5.93. The summed E-state index contributed by atoms with van der Waals surface area (Å²) in [5.41, 5.74) is 2.82. The van der Waals surface area contributed by atoms with E-state index in [-0.39, 0.29) is 5.91 Å². The maximum Gasteiger partial charge on any atom is 0.276 e. The van der Waals surface area contributed by atoms with Crippen LogP contribution in [0.1, 0.15) is 73.8 Å². The number of rotatable bonds is 3. The van der Waals surface area contributed by atoms with Gasteiger partial charge in [-0.25, -0.2) is 0 Å². The van der Waals surface area contributed by atoms with Crippen molar-refractivity contribution >= 4 is 5.91 Å². The summed E-state index contributed by atoms with van der Waals surface area (Å²) >= 11 is 0. The molecule has 2 fully saturated rings. The fraction of sp³-hybridized carbons (Fsp3) is 0.524. The molecule has 0 radical (unpaired) electrons. The lowest BCUT2D eigenvalue weighted by atomic mass is 9.84. The molecule has 1 saturated heterocycles. The van der Waals surface area contributed by atoms with Crippen LogP contribution in [0, 0.1) is 0 Å². The minimum Gasteiger partial charge on any atom is -0.355 e. The van der Waals surface area contributed by atoms with Gasteiger partial charge in [0.2, 0.25) is 0 Å². The number of nitrogens with zero attached hydrogens (tertiary/aromatic N) is 2. The summed E-state index contributed by atoms with van der Waals surface area (Å²) in [6.45, 7) is 2.91. The average Bonchev–Trinajstić information content (AvgIpc) is 3.31. The molecule has 132 valence electrons. The van der Waals surface area contributed by atoms with E-state index in [1.807, 2.05) is 4.90 Å². The molecule has 1 aliphatic heterocycles. The Morgan fingerprint density at radius 3 is 2.52 bits per heavy atom. The molecular formula is C21H26N2O2. The van der Waals surface area contributed by atoms with E-state index in [1.165, 1.54) is 37.7 Å². The van der Waals surface area contributed by atoms with E-state index in [2.05, 4.69) is 36.3 Å². The summed E-state index contributed by atoms with van der Waals surface area (Å²) in [4.78, 5) is 14.5. The smallest absolute Gasteiger partial charge is 0.276 e. The summed E-state index contributed by atoms with van der Waals surface area (Å²) in [6.07, 6.45) is 8.80. The van der Waals surface area contributed by atoms with Crippen molar-refractivity contribution in [3.63, 3.8) is 0 Å². The lowest BCUT2D eigenvalue weighted by molar-refractivity contribution is 0.0737. The van der Waals surface area contributed by atoms with Crippen molar-refractivity contribution in [2.75, 3.05) is 6.54 Å². The van der Waals surface area contributed by atoms with Gasteiger partial charge in [-0.3, -0.25) is 4.79 Å². The number of amides is 1. The molecule has 0 spiro atoms. The first kappa shape index (κ1) is 16.4. The van der Waals surface area contributed by atoms with E-state index in [9.17, 15) is 4.79 Å². The van der Waals surface area contributed by atoms with Crippen LogP contribution in [-0.2, 0) is 0 Å². The van der Waals surface area contributed by atoms with E-state index in [1.54, 1.807) is 6.07 Å². The molecule has 2 aromatic rings. The van der Waals surface area contributed by atoms with Gasteiger partial charge in [-0.2, -0.15) is 0 Å². The van der Waals surface area contributed by atoms with Crippen LogP contribution in [0.2, 0.25) is 0 Å². The first-order chi connectivity index (χ1) is 12.2. The Labute approximate surface area is 149 Å². The number of hydrogen-bond acceptors (Lipinski definition) is 3. The monoisotopic (exact) mass is 338 g/mol. The molecule has 1 atom stereocenters. The second kappa shape index (κ2) is 7.03. The van der Waals surface area contributed by atoms with Gasteiger partial charge in [0, 0.05) is 24.2 Å². The SMILES string of the molecule is CC1CCCN1C(=O)c1cc(-c2ccc(C3CCCCC3)cc2)on1. The minimum atomic E-state index is -0.0150. The van der Waals surface area contributed by atoms with Gasteiger partial charge >= 0.3 is 0 Å². The molecule has 1 amide bonds. The Morgan fingerprint density at radius 1 is 1.08 bits per heavy atom. The summed E-state index contributed by atoms with van der Waals surface area (Å²) in [5.74, 6) is 1.36. The first-order valence-corrected chi connectivity index (χ1v) is 9.60. The van der Waals surface area contributed by atoms with Crippen molar-refractivity contribution in [2.24, 2.45) is 0 Å². The number of carbonyl (C=O) groups is 1. The molecule has 1 aliphatic carbocycles. The molecule has 4 heteroatoms. The Balaban J connectivity index is 1.49. The highest BCUT2D eigenvalue weighted by atomic mass is 16.5. The van der Waals surface area contributed by atoms with Crippen molar-refractivity contribution in [2.45, 2.75) is 63.8 Å². The van der Waals surface area contributed by atoms with Gasteiger partial charge in [0.1, 0.15) is 0 Å². The summed E-state index contributed by atoms with van der Waals surface area (Å²) in [6, 6.07) is 10.7. The third-order valence-corrected chi connectivity index (χ3v) is 5.81. The molecule has 1 saturated carbocycles. The van der Waals surface area contributed by atoms with Crippen LogP contribution >= 0.6 is 0 Å². The number of carbonyl (C=O) groups excluding carboxylic acids is 1. The topological polar surface area (TPSA) is 46.3 Å². The van der Waals surface area contributed by atoms with Crippen molar-refractivity contribution in [1.29, 1.82) is 0 Å². The Hall–Kier alpha value is -2.10. The quantitative estimate of drug-likeness (QED) is 0.790. The first-order valence-electron chi connectivity index (χ1n) is 9.60. The van der Waals surface area contributed by atoms with Crippen LogP contribution in [0.4, 0.5) is 0 Å². The molecule has 1 unspecified atom stereocenters. The average molecular weight is 338 g/mol. The third kappa shape index (κ3) is 3.35. The fourth-order valence-electron chi connectivity index (χ4n) is 4.25. The van der Waals surface area contributed by atoms with E-state index < -0.39 is 0 Å². The summed E-state index contributed by atoms with van der Waals surface area (Å²) < 4.78 is 5.45. The highest BCUT2D eigenvalue weighted by Crippen LogP contribution is 2.33. The van der Waals surface area contributed by atoms with E-state index in [0.717, 1.165) is 24.9 Å². The molecule has 1 aromatic carbocycles. The lowest BCUT2D eigenvalue weighted by Crippen LogP contribution is -2.33. The van der Waals surface area contributed by atoms with Gasteiger partial charge in [-0.05, 0) is 44.1 Å². The number of likely N-dealkylation sites (tertiary alicyclic amines) is 1. The zero-order chi connectivity index (χ0) is 17.2. The molecule has 0 N–H and O–H groups in total. The Morgan fingerprint density at radius 2 is 1.84 bits per heavy atom. The molecule has 4 nitrogen and oxygen atoms in total. The van der Waals surface area contributed by atoms with Crippen LogP contribution in [-0.4, -0.2) is 28.6 Å². The lowest BCUT2D eigenvalue weighted by Gasteiger charge is -2.21. The molecule has 2 heterocycles. The van der Waals surface area contributed by atoms with Gasteiger partial charge in [-0.15, -0.1) is 0 Å². The minimum absolute atomic E-state index is 0.0150. The van der Waals surface area contributed by atoms with Crippen molar-refractivity contribution in [3.05, 3.63) is 41.6 Å². The summed E-state index contributed by atoms with van der Waals surface area (Å²) in [5, 5.41) is 4.02. The maximum absolute atomic E-state index is 12.6. The van der Waals surface area contributed by atoms with Crippen molar-refractivity contribution in [1.82, 2.24) is 10.1 Å². The largest absolute Gasteiger partial charge is 0.355 e. The van der Waals surface area contributed by atoms with Gasteiger partial charge in [0.15, 0.2) is 11.5 Å². The third-order valence-electron chi connectivity index (χ3n) is 5.81. The molecule has 2 aliphatic rings. The predicted octanol–water partition coefficient (Wildman–Crippen LogP) is 5.01.